The van der Waals surface area contributed by atoms with E-state index in [1.54, 1.807) is 20.8 Å². The molecule has 1 fully saturated rings. The molecule has 0 bridgehead atoms. The number of benzene rings is 1. The molecule has 1 amide bonds. The maximum absolute atomic E-state index is 12.7. The van der Waals surface area contributed by atoms with E-state index in [9.17, 15) is 22.8 Å². The maximum atomic E-state index is 12.7. The predicted molar refractivity (Wildman–Crippen MR) is 87.5 cm³/mol. The Kier molecular flexibility index (Phi) is 5.53. The van der Waals surface area contributed by atoms with Crippen molar-refractivity contribution in [3.05, 3.63) is 35.4 Å². The lowest BCUT2D eigenvalue weighted by Crippen LogP contribution is -2.36. The summed E-state index contributed by atoms with van der Waals surface area (Å²) in [6.45, 7) is 5.44. The Balaban J connectivity index is 2.24. The van der Waals surface area contributed by atoms with E-state index in [2.05, 4.69) is 0 Å². The number of esters is 1. The molecule has 1 saturated heterocycles. The van der Waals surface area contributed by atoms with Gasteiger partial charge in [-0.3, -0.25) is 4.79 Å². The van der Waals surface area contributed by atoms with Crippen molar-refractivity contribution in [3.8, 4) is 0 Å². The van der Waals surface area contributed by atoms with Crippen LogP contribution in [0.4, 0.5) is 18.0 Å². The number of rotatable bonds is 2. The standard InChI is InChI=1S/C18H22F3NO4/c1-17(2,3)26-16(24)22-9-13(14(10-22)15(23)25-4)11-5-7-12(8-6-11)18(19,20)21/h5-8,13-14H,9-10H2,1-4H3/t13-,14?/m0/s1. The van der Waals surface area contributed by atoms with Gasteiger partial charge in [-0.1, -0.05) is 12.1 Å². The Morgan fingerprint density at radius 1 is 1.08 bits per heavy atom. The lowest BCUT2D eigenvalue weighted by atomic mass is 9.88. The molecule has 0 radical (unpaired) electrons. The summed E-state index contributed by atoms with van der Waals surface area (Å²) in [7, 11) is 1.24. The van der Waals surface area contributed by atoms with Crippen LogP contribution in [-0.4, -0.2) is 42.8 Å². The van der Waals surface area contributed by atoms with E-state index in [0.717, 1.165) is 12.1 Å². The molecule has 2 atom stereocenters. The van der Waals surface area contributed by atoms with Gasteiger partial charge >= 0.3 is 18.2 Å². The van der Waals surface area contributed by atoms with Crippen molar-refractivity contribution >= 4 is 12.1 Å². The SMILES string of the molecule is COC(=O)C1CN(C(=O)OC(C)(C)C)C[C@H]1c1ccc(C(F)(F)F)cc1. The van der Waals surface area contributed by atoms with E-state index in [1.165, 1.54) is 24.1 Å². The molecule has 2 rings (SSSR count). The van der Waals surface area contributed by atoms with Crippen molar-refractivity contribution < 1.29 is 32.2 Å². The summed E-state index contributed by atoms with van der Waals surface area (Å²) in [4.78, 5) is 25.8. The van der Waals surface area contributed by atoms with Gasteiger partial charge in [0.2, 0.25) is 0 Å². The number of nitrogens with zero attached hydrogens (tertiary/aromatic N) is 1. The van der Waals surface area contributed by atoms with Gasteiger partial charge in [-0.15, -0.1) is 0 Å². The van der Waals surface area contributed by atoms with Crippen molar-refractivity contribution in [2.45, 2.75) is 38.5 Å². The molecular weight excluding hydrogens is 351 g/mol. The third kappa shape index (κ3) is 4.68. The van der Waals surface area contributed by atoms with Crippen LogP contribution in [0.5, 0.6) is 0 Å². The summed E-state index contributed by atoms with van der Waals surface area (Å²) in [5.74, 6) is -1.64. The van der Waals surface area contributed by atoms with E-state index in [4.69, 9.17) is 9.47 Å². The van der Waals surface area contributed by atoms with Crippen LogP contribution in [0, 0.1) is 5.92 Å². The van der Waals surface area contributed by atoms with Crippen molar-refractivity contribution in [2.75, 3.05) is 20.2 Å². The molecule has 5 nitrogen and oxygen atoms in total. The molecule has 1 aromatic carbocycles. The summed E-state index contributed by atoms with van der Waals surface area (Å²) in [5.41, 5.74) is -0.915. The zero-order valence-corrected chi connectivity index (χ0v) is 15.1. The lowest BCUT2D eigenvalue weighted by Gasteiger charge is -2.24. The Bertz CT molecular complexity index is 664. The highest BCUT2D eigenvalue weighted by Crippen LogP contribution is 2.36. The number of carbonyl (C=O) groups is 2. The largest absolute Gasteiger partial charge is 0.469 e. The van der Waals surface area contributed by atoms with Crippen molar-refractivity contribution in [2.24, 2.45) is 5.92 Å². The fraction of sp³-hybridized carbons (Fsp3) is 0.556. The number of ether oxygens (including phenoxy) is 2. The van der Waals surface area contributed by atoms with Crippen LogP contribution in [0.25, 0.3) is 0 Å². The molecule has 1 aliphatic rings. The number of carbonyl (C=O) groups excluding carboxylic acids is 2. The lowest BCUT2D eigenvalue weighted by molar-refractivity contribution is -0.145. The molecule has 0 spiro atoms. The molecule has 1 aliphatic heterocycles. The molecule has 0 aliphatic carbocycles. The first kappa shape index (κ1) is 20.1. The van der Waals surface area contributed by atoms with Gasteiger partial charge in [0.25, 0.3) is 0 Å². The van der Waals surface area contributed by atoms with Gasteiger partial charge in [-0.25, -0.2) is 4.79 Å². The number of amides is 1. The number of alkyl halides is 3. The fourth-order valence-corrected chi connectivity index (χ4v) is 2.93. The second-order valence-corrected chi connectivity index (χ2v) is 7.24. The van der Waals surface area contributed by atoms with Gasteiger partial charge in [-0.2, -0.15) is 13.2 Å². The Hall–Kier alpha value is -2.25. The minimum absolute atomic E-state index is 0.0906. The highest BCUT2D eigenvalue weighted by Gasteiger charge is 2.42. The monoisotopic (exact) mass is 373 g/mol. The second-order valence-electron chi connectivity index (χ2n) is 7.24. The number of hydrogen-bond acceptors (Lipinski definition) is 4. The molecule has 1 heterocycles. The van der Waals surface area contributed by atoms with E-state index >= 15 is 0 Å². The fourth-order valence-electron chi connectivity index (χ4n) is 2.93. The third-order valence-corrected chi connectivity index (χ3v) is 4.14. The van der Waals surface area contributed by atoms with Gasteiger partial charge in [-0.05, 0) is 38.5 Å². The third-order valence-electron chi connectivity index (χ3n) is 4.14. The number of methoxy groups -OCH3 is 1. The quantitative estimate of drug-likeness (QED) is 0.740. The minimum Gasteiger partial charge on any atom is -0.469 e. The average Bonchev–Trinajstić information content (AvgIpc) is 2.97. The van der Waals surface area contributed by atoms with Crippen molar-refractivity contribution in [1.29, 1.82) is 0 Å². The van der Waals surface area contributed by atoms with Crippen LogP contribution >= 0.6 is 0 Å². The topological polar surface area (TPSA) is 55.8 Å². The Morgan fingerprint density at radius 3 is 2.12 bits per heavy atom. The number of halogens is 3. The zero-order chi connectivity index (χ0) is 19.7. The molecule has 144 valence electrons. The average molecular weight is 373 g/mol. The van der Waals surface area contributed by atoms with Crippen molar-refractivity contribution in [3.63, 3.8) is 0 Å². The molecular formula is C18H22F3NO4. The van der Waals surface area contributed by atoms with Crippen LogP contribution < -0.4 is 0 Å². The molecule has 0 saturated carbocycles. The number of hydrogen-bond donors (Lipinski definition) is 0. The van der Waals surface area contributed by atoms with Gasteiger partial charge in [0, 0.05) is 19.0 Å². The predicted octanol–water partition coefficient (Wildman–Crippen LogP) is 3.83. The van der Waals surface area contributed by atoms with Gasteiger partial charge in [0.15, 0.2) is 0 Å². The minimum atomic E-state index is -4.43. The first-order valence-electron chi connectivity index (χ1n) is 8.15. The normalized spacial score (nSPS) is 20.8. The summed E-state index contributed by atoms with van der Waals surface area (Å²) in [6.07, 6.45) is -5.00. The molecule has 8 heteroatoms. The first-order chi connectivity index (χ1) is 11.9. The highest BCUT2D eigenvalue weighted by atomic mass is 19.4. The second kappa shape index (κ2) is 7.17. The summed E-state index contributed by atoms with van der Waals surface area (Å²) in [5, 5.41) is 0. The van der Waals surface area contributed by atoms with E-state index in [-0.39, 0.29) is 13.1 Å². The van der Waals surface area contributed by atoms with Crippen LogP contribution in [0.3, 0.4) is 0 Å². The maximum Gasteiger partial charge on any atom is 0.416 e. The van der Waals surface area contributed by atoms with Crippen LogP contribution in [0.15, 0.2) is 24.3 Å². The summed E-state index contributed by atoms with van der Waals surface area (Å²) >= 11 is 0. The van der Waals surface area contributed by atoms with Crippen molar-refractivity contribution in [1.82, 2.24) is 4.90 Å². The van der Waals surface area contributed by atoms with Gasteiger partial charge in [0.1, 0.15) is 5.60 Å². The van der Waals surface area contributed by atoms with E-state index in [1.807, 2.05) is 0 Å². The van der Waals surface area contributed by atoms with Crippen LogP contribution in [0.1, 0.15) is 37.8 Å². The van der Waals surface area contributed by atoms with Gasteiger partial charge in [0.05, 0.1) is 18.6 Å². The molecule has 26 heavy (non-hydrogen) atoms. The Morgan fingerprint density at radius 2 is 1.65 bits per heavy atom. The van der Waals surface area contributed by atoms with Crippen LogP contribution in [0.2, 0.25) is 0 Å². The van der Waals surface area contributed by atoms with E-state index < -0.39 is 41.2 Å². The van der Waals surface area contributed by atoms with Crippen LogP contribution in [-0.2, 0) is 20.4 Å². The number of likely N-dealkylation sites (tertiary alicyclic amines) is 1. The smallest absolute Gasteiger partial charge is 0.416 e. The first-order valence-corrected chi connectivity index (χ1v) is 8.15. The molecule has 0 N–H and O–H groups in total. The van der Waals surface area contributed by atoms with E-state index in [0.29, 0.717) is 5.56 Å². The van der Waals surface area contributed by atoms with Gasteiger partial charge < -0.3 is 14.4 Å². The molecule has 0 aromatic heterocycles. The summed E-state index contributed by atoms with van der Waals surface area (Å²) in [6, 6.07) is 4.61. The molecule has 1 unspecified atom stereocenters. The Labute approximate surface area is 150 Å². The molecule has 1 aromatic rings. The zero-order valence-electron chi connectivity index (χ0n) is 15.1. The summed E-state index contributed by atoms with van der Waals surface area (Å²) < 4.78 is 48.3. The highest BCUT2D eigenvalue weighted by molar-refractivity contribution is 5.77.